The van der Waals surface area contributed by atoms with E-state index in [0.717, 1.165) is 43.5 Å². The molecule has 0 unspecified atom stereocenters. The van der Waals surface area contributed by atoms with Gasteiger partial charge < -0.3 is 19.1 Å². The molecule has 4 rings (SSSR count). The first kappa shape index (κ1) is 27.8. The molecule has 0 bridgehead atoms. The fraction of sp³-hybridized carbons (Fsp3) is 0.667. The standard InChI is InChI=1S/C27H38FN5O5/c1-4-33-22(17-37-27(35)32(2)15-6-5-14-28)25(30-31-33)21-12-13-23(24(29-21)18-10-11-18)38-20-9-7-8-19(16-20)26(34)36-3/h12-13,18-20H,4-11,14-17H2,1-3H3/t19-,20-/m0/s1. The molecule has 0 spiro atoms. The Morgan fingerprint density at radius 2 is 2.00 bits per heavy atom. The molecule has 1 amide bonds. The molecule has 0 aromatic carbocycles. The zero-order valence-electron chi connectivity index (χ0n) is 22.5. The van der Waals surface area contributed by atoms with Crippen LogP contribution < -0.4 is 4.74 Å². The second-order valence-corrected chi connectivity index (χ2v) is 10.1. The molecular formula is C27H38FN5O5. The molecule has 0 aliphatic heterocycles. The minimum Gasteiger partial charge on any atom is -0.488 e. The second-order valence-electron chi connectivity index (χ2n) is 10.1. The van der Waals surface area contributed by atoms with Crippen LogP contribution in [0.25, 0.3) is 11.4 Å². The lowest BCUT2D eigenvalue weighted by atomic mass is 9.87. The molecule has 2 heterocycles. The summed E-state index contributed by atoms with van der Waals surface area (Å²) in [5.41, 5.74) is 2.77. The molecule has 0 N–H and O–H groups in total. The summed E-state index contributed by atoms with van der Waals surface area (Å²) in [6.45, 7) is 2.53. The van der Waals surface area contributed by atoms with Gasteiger partial charge in [-0.15, -0.1) is 5.10 Å². The van der Waals surface area contributed by atoms with Crippen molar-refractivity contribution in [3.63, 3.8) is 0 Å². The minimum absolute atomic E-state index is 0.00184. The summed E-state index contributed by atoms with van der Waals surface area (Å²) >= 11 is 0. The molecule has 2 aromatic rings. The molecule has 0 saturated heterocycles. The van der Waals surface area contributed by atoms with Crippen LogP contribution in [0.1, 0.15) is 75.6 Å². The molecule has 11 heteroatoms. The van der Waals surface area contributed by atoms with Gasteiger partial charge in [-0.05, 0) is 70.4 Å². The monoisotopic (exact) mass is 531 g/mol. The molecule has 2 aliphatic carbocycles. The number of amides is 1. The third kappa shape index (κ3) is 6.79. The molecule has 208 valence electrons. The van der Waals surface area contributed by atoms with Gasteiger partial charge in [0, 0.05) is 26.1 Å². The number of hydrogen-bond acceptors (Lipinski definition) is 8. The highest BCUT2D eigenvalue weighted by atomic mass is 19.1. The van der Waals surface area contributed by atoms with E-state index in [2.05, 4.69) is 10.3 Å². The van der Waals surface area contributed by atoms with E-state index in [1.807, 2.05) is 19.1 Å². The van der Waals surface area contributed by atoms with Gasteiger partial charge in [0.2, 0.25) is 0 Å². The van der Waals surface area contributed by atoms with Crippen molar-refractivity contribution in [2.45, 2.75) is 83.5 Å². The average molecular weight is 532 g/mol. The number of ether oxygens (including phenoxy) is 3. The van der Waals surface area contributed by atoms with Crippen LogP contribution in [-0.2, 0) is 27.4 Å². The Morgan fingerprint density at radius 1 is 1.18 bits per heavy atom. The van der Waals surface area contributed by atoms with Gasteiger partial charge in [0.25, 0.3) is 0 Å². The molecule has 2 atom stereocenters. The van der Waals surface area contributed by atoms with Gasteiger partial charge in [-0.1, -0.05) is 5.21 Å². The van der Waals surface area contributed by atoms with E-state index in [4.69, 9.17) is 19.2 Å². The number of esters is 1. The summed E-state index contributed by atoms with van der Waals surface area (Å²) in [5, 5.41) is 8.60. The van der Waals surface area contributed by atoms with Gasteiger partial charge in [-0.3, -0.25) is 9.18 Å². The van der Waals surface area contributed by atoms with Gasteiger partial charge in [-0.2, -0.15) is 0 Å². The summed E-state index contributed by atoms with van der Waals surface area (Å²) in [5.74, 6) is 0.766. The highest BCUT2D eigenvalue weighted by molar-refractivity contribution is 5.72. The number of hydrogen-bond donors (Lipinski definition) is 0. The van der Waals surface area contributed by atoms with Gasteiger partial charge in [0.15, 0.2) is 0 Å². The number of alkyl halides is 1. The maximum atomic E-state index is 12.4. The van der Waals surface area contributed by atoms with E-state index < -0.39 is 12.8 Å². The van der Waals surface area contributed by atoms with E-state index in [9.17, 15) is 14.0 Å². The average Bonchev–Trinajstić information content (AvgIpc) is 3.70. The smallest absolute Gasteiger partial charge is 0.409 e. The Hall–Kier alpha value is -3.24. The highest BCUT2D eigenvalue weighted by Crippen LogP contribution is 2.45. The lowest BCUT2D eigenvalue weighted by Gasteiger charge is -2.28. The predicted molar refractivity (Wildman–Crippen MR) is 137 cm³/mol. The number of carbonyl (C=O) groups excluding carboxylic acids is 2. The fourth-order valence-electron chi connectivity index (χ4n) is 4.86. The molecule has 2 fully saturated rings. The quantitative estimate of drug-likeness (QED) is 0.287. The summed E-state index contributed by atoms with van der Waals surface area (Å²) < 4.78 is 30.9. The van der Waals surface area contributed by atoms with Crippen LogP contribution in [0.2, 0.25) is 0 Å². The Bertz CT molecular complexity index is 1110. The lowest BCUT2D eigenvalue weighted by molar-refractivity contribution is -0.147. The first-order valence-electron chi connectivity index (χ1n) is 13.6. The van der Waals surface area contributed by atoms with E-state index in [1.54, 1.807) is 11.7 Å². The Balaban J connectivity index is 1.49. The molecule has 2 aromatic heterocycles. The zero-order chi connectivity index (χ0) is 27.1. The van der Waals surface area contributed by atoms with Crippen LogP contribution in [0.4, 0.5) is 9.18 Å². The van der Waals surface area contributed by atoms with E-state index >= 15 is 0 Å². The lowest BCUT2D eigenvalue weighted by Crippen LogP contribution is -2.30. The van der Waals surface area contributed by atoms with Crippen LogP contribution in [0.15, 0.2) is 12.1 Å². The van der Waals surface area contributed by atoms with Crippen molar-refractivity contribution in [2.75, 3.05) is 27.4 Å². The number of carbonyl (C=O) groups is 2. The Morgan fingerprint density at radius 3 is 2.71 bits per heavy atom. The Kier molecular flexibility index (Phi) is 9.52. The molecule has 2 saturated carbocycles. The van der Waals surface area contributed by atoms with Crippen molar-refractivity contribution in [3.05, 3.63) is 23.5 Å². The number of nitrogens with zero attached hydrogens (tertiary/aromatic N) is 5. The van der Waals surface area contributed by atoms with Crippen LogP contribution in [-0.4, -0.2) is 70.4 Å². The summed E-state index contributed by atoms with van der Waals surface area (Å²) in [7, 11) is 3.07. The normalized spacial score (nSPS) is 19.2. The van der Waals surface area contributed by atoms with Crippen LogP contribution >= 0.6 is 0 Å². The van der Waals surface area contributed by atoms with Crippen LogP contribution in [0.3, 0.4) is 0 Å². The molecule has 38 heavy (non-hydrogen) atoms. The molecule has 0 radical (unpaired) electrons. The third-order valence-electron chi connectivity index (χ3n) is 7.21. The highest BCUT2D eigenvalue weighted by Gasteiger charge is 2.33. The van der Waals surface area contributed by atoms with E-state index in [-0.39, 0.29) is 24.6 Å². The topological polar surface area (TPSA) is 109 Å². The summed E-state index contributed by atoms with van der Waals surface area (Å²) in [6.07, 6.45) is 5.82. The predicted octanol–water partition coefficient (Wildman–Crippen LogP) is 4.67. The van der Waals surface area contributed by atoms with Gasteiger partial charge in [0.05, 0.1) is 37.2 Å². The van der Waals surface area contributed by atoms with Crippen molar-refractivity contribution in [1.82, 2.24) is 24.9 Å². The summed E-state index contributed by atoms with van der Waals surface area (Å²) in [6, 6.07) is 3.79. The number of rotatable bonds is 12. The first-order chi connectivity index (χ1) is 18.4. The zero-order valence-corrected chi connectivity index (χ0v) is 22.5. The molecular weight excluding hydrogens is 493 g/mol. The second kappa shape index (κ2) is 13.0. The largest absolute Gasteiger partial charge is 0.488 e. The maximum Gasteiger partial charge on any atom is 0.409 e. The number of aryl methyl sites for hydroxylation is 1. The fourth-order valence-corrected chi connectivity index (χ4v) is 4.86. The number of methoxy groups -OCH3 is 1. The number of unbranched alkanes of at least 4 members (excludes halogenated alkanes) is 1. The van der Waals surface area contributed by atoms with Crippen LogP contribution in [0, 0.1) is 5.92 Å². The summed E-state index contributed by atoms with van der Waals surface area (Å²) in [4.78, 5) is 30.9. The van der Waals surface area contributed by atoms with Crippen molar-refractivity contribution in [3.8, 4) is 17.1 Å². The number of pyridine rings is 1. The molecule has 10 nitrogen and oxygen atoms in total. The molecule has 2 aliphatic rings. The van der Waals surface area contributed by atoms with Gasteiger partial charge in [-0.25, -0.2) is 14.5 Å². The Labute approximate surface area is 222 Å². The van der Waals surface area contributed by atoms with E-state index in [1.165, 1.54) is 12.0 Å². The van der Waals surface area contributed by atoms with Crippen molar-refractivity contribution in [1.29, 1.82) is 0 Å². The SMILES string of the molecule is CCn1nnc(-c2ccc(O[C@H]3CCC[C@H](C(=O)OC)C3)c(C3CC3)n2)c1COC(=O)N(C)CCCCF. The van der Waals surface area contributed by atoms with E-state index in [0.29, 0.717) is 55.4 Å². The van der Waals surface area contributed by atoms with Crippen molar-refractivity contribution < 1.29 is 28.2 Å². The van der Waals surface area contributed by atoms with Crippen molar-refractivity contribution >= 4 is 12.1 Å². The van der Waals surface area contributed by atoms with Crippen molar-refractivity contribution in [2.24, 2.45) is 5.92 Å². The minimum atomic E-state index is -0.480. The maximum absolute atomic E-state index is 12.4. The third-order valence-corrected chi connectivity index (χ3v) is 7.21. The number of halogens is 1. The van der Waals surface area contributed by atoms with Gasteiger partial charge in [0.1, 0.15) is 23.7 Å². The van der Waals surface area contributed by atoms with Gasteiger partial charge >= 0.3 is 12.1 Å². The van der Waals surface area contributed by atoms with Crippen LogP contribution in [0.5, 0.6) is 5.75 Å². The number of aromatic nitrogens is 4. The first-order valence-corrected chi connectivity index (χ1v) is 13.6.